The first-order chi connectivity index (χ1) is 6.74. The third kappa shape index (κ3) is 2.81. The van der Waals surface area contributed by atoms with Gasteiger partial charge in [0.25, 0.3) is 5.91 Å². The number of aliphatic imine (C=N–C) groups is 1. The Bertz CT molecular complexity index is 401. The molecule has 0 heterocycles. The smallest absolute Gasteiger partial charge is 0.266 e. The van der Waals surface area contributed by atoms with E-state index >= 15 is 0 Å². The number of nitrogens with zero attached hydrogens (tertiary/aromatic N) is 1. The number of hydrogen-bond acceptors (Lipinski definition) is 2. The van der Waals surface area contributed by atoms with E-state index in [4.69, 9.17) is 0 Å². The number of amides is 1. The fourth-order valence-electron chi connectivity index (χ4n) is 0.991. The second kappa shape index (κ2) is 4.90. The van der Waals surface area contributed by atoms with E-state index < -0.39 is 5.91 Å². The molecule has 3 heteroatoms. The fourth-order valence-corrected chi connectivity index (χ4v) is 0.991. The average molecular weight is 187 g/mol. The maximum absolute atomic E-state index is 11.0. The lowest BCUT2D eigenvalue weighted by Gasteiger charge is -1.94. The van der Waals surface area contributed by atoms with Gasteiger partial charge >= 0.3 is 0 Å². The summed E-state index contributed by atoms with van der Waals surface area (Å²) in [7, 11) is 0. The van der Waals surface area contributed by atoms with Crippen LogP contribution in [0.15, 0.2) is 40.9 Å². The van der Waals surface area contributed by atoms with Crippen LogP contribution in [0.25, 0.3) is 6.08 Å². The average Bonchev–Trinajstić information content (AvgIpc) is 2.19. The van der Waals surface area contributed by atoms with Gasteiger partial charge in [0.05, 0.1) is 0 Å². The Kier molecular flexibility index (Phi) is 3.53. The molecule has 0 unspecified atom stereocenters. The van der Waals surface area contributed by atoms with E-state index in [0.717, 1.165) is 5.56 Å². The third-order valence-corrected chi connectivity index (χ3v) is 1.67. The molecule has 0 N–H and O–H groups in total. The largest absolute Gasteiger partial charge is 0.283 e. The predicted molar refractivity (Wildman–Crippen MR) is 53.2 cm³/mol. The maximum Gasteiger partial charge on any atom is 0.283 e. The lowest BCUT2D eigenvalue weighted by atomic mass is 10.1. The van der Waals surface area contributed by atoms with Gasteiger partial charge in [0, 0.05) is 5.57 Å². The normalized spacial score (nSPS) is 10.5. The Hall–Kier alpha value is -1.99. The first kappa shape index (κ1) is 10.1. The Morgan fingerprint density at radius 1 is 1.36 bits per heavy atom. The topological polar surface area (TPSA) is 46.5 Å². The van der Waals surface area contributed by atoms with E-state index in [0.29, 0.717) is 5.57 Å². The van der Waals surface area contributed by atoms with Crippen LogP contribution < -0.4 is 0 Å². The molecule has 0 fully saturated rings. The molecule has 0 bridgehead atoms. The molecule has 14 heavy (non-hydrogen) atoms. The minimum atomic E-state index is -0.552. The quantitative estimate of drug-likeness (QED) is 0.403. The van der Waals surface area contributed by atoms with Crippen LogP contribution in [0.1, 0.15) is 12.5 Å². The van der Waals surface area contributed by atoms with Crippen molar-refractivity contribution >= 4 is 18.1 Å². The van der Waals surface area contributed by atoms with Gasteiger partial charge in [-0.1, -0.05) is 30.3 Å². The molecule has 0 aliphatic carbocycles. The van der Waals surface area contributed by atoms with Crippen molar-refractivity contribution in [1.82, 2.24) is 0 Å². The highest BCUT2D eigenvalue weighted by atomic mass is 16.2. The van der Waals surface area contributed by atoms with Crippen LogP contribution in [0.2, 0.25) is 0 Å². The predicted octanol–water partition coefficient (Wildman–Crippen LogP) is 1.95. The van der Waals surface area contributed by atoms with Crippen LogP contribution >= 0.6 is 0 Å². The van der Waals surface area contributed by atoms with E-state index in [2.05, 4.69) is 4.99 Å². The molecule has 0 atom stereocenters. The van der Waals surface area contributed by atoms with E-state index in [9.17, 15) is 9.59 Å². The SMILES string of the molecule is CC(=Cc1ccccc1)C(=O)N=C=O. The van der Waals surface area contributed by atoms with Gasteiger partial charge in [0.1, 0.15) is 0 Å². The zero-order valence-electron chi connectivity index (χ0n) is 7.73. The van der Waals surface area contributed by atoms with Gasteiger partial charge < -0.3 is 0 Å². The third-order valence-electron chi connectivity index (χ3n) is 1.67. The van der Waals surface area contributed by atoms with E-state index in [-0.39, 0.29) is 0 Å². The summed E-state index contributed by atoms with van der Waals surface area (Å²) < 4.78 is 0. The Morgan fingerprint density at radius 3 is 2.57 bits per heavy atom. The first-order valence-electron chi connectivity index (χ1n) is 4.09. The molecular weight excluding hydrogens is 178 g/mol. The van der Waals surface area contributed by atoms with Crippen molar-refractivity contribution in [2.24, 2.45) is 4.99 Å². The van der Waals surface area contributed by atoms with Gasteiger partial charge in [0.2, 0.25) is 6.08 Å². The van der Waals surface area contributed by atoms with Crippen molar-refractivity contribution in [2.75, 3.05) is 0 Å². The molecule has 70 valence electrons. The standard InChI is InChI=1S/C11H9NO2/c1-9(11(14)12-8-13)7-10-5-3-2-4-6-10/h2-7H,1H3. The van der Waals surface area contributed by atoms with Gasteiger partial charge in [0.15, 0.2) is 0 Å². The summed E-state index contributed by atoms with van der Waals surface area (Å²) >= 11 is 0. The highest BCUT2D eigenvalue weighted by molar-refractivity contribution is 5.99. The fraction of sp³-hybridized carbons (Fsp3) is 0.0909. The second-order valence-corrected chi connectivity index (χ2v) is 2.75. The van der Waals surface area contributed by atoms with Crippen molar-refractivity contribution in [3.8, 4) is 0 Å². The van der Waals surface area contributed by atoms with E-state index in [1.54, 1.807) is 13.0 Å². The summed E-state index contributed by atoms with van der Waals surface area (Å²) in [6, 6.07) is 9.35. The van der Waals surface area contributed by atoms with Gasteiger partial charge in [-0.25, -0.2) is 4.79 Å². The highest BCUT2D eigenvalue weighted by Crippen LogP contribution is 2.06. The van der Waals surface area contributed by atoms with Gasteiger partial charge in [-0.2, -0.15) is 0 Å². The Balaban J connectivity index is 2.89. The maximum atomic E-state index is 11.0. The molecule has 0 saturated heterocycles. The van der Waals surface area contributed by atoms with Crippen molar-refractivity contribution in [3.63, 3.8) is 0 Å². The molecule has 0 aromatic heterocycles. The van der Waals surface area contributed by atoms with Crippen LogP contribution in [-0.4, -0.2) is 12.0 Å². The molecule has 0 spiro atoms. The van der Waals surface area contributed by atoms with E-state index in [1.165, 1.54) is 6.08 Å². The molecule has 0 saturated carbocycles. The summed E-state index contributed by atoms with van der Waals surface area (Å²) in [4.78, 5) is 23.9. The van der Waals surface area contributed by atoms with Crippen molar-refractivity contribution < 1.29 is 9.59 Å². The molecule has 1 aromatic rings. The van der Waals surface area contributed by atoms with Crippen molar-refractivity contribution in [1.29, 1.82) is 0 Å². The zero-order chi connectivity index (χ0) is 10.4. The van der Waals surface area contributed by atoms with Crippen LogP contribution in [0, 0.1) is 0 Å². The molecule has 3 nitrogen and oxygen atoms in total. The summed E-state index contributed by atoms with van der Waals surface area (Å²) in [6.07, 6.45) is 2.89. The molecule has 1 rings (SSSR count). The summed E-state index contributed by atoms with van der Waals surface area (Å²) in [5.41, 5.74) is 1.32. The number of rotatable bonds is 2. The Labute approximate surface area is 81.8 Å². The first-order valence-corrected chi connectivity index (χ1v) is 4.09. The minimum Gasteiger partial charge on any atom is -0.266 e. The zero-order valence-corrected chi connectivity index (χ0v) is 7.73. The van der Waals surface area contributed by atoms with Crippen LogP contribution in [0.4, 0.5) is 0 Å². The number of isocyanates is 1. The summed E-state index contributed by atoms with van der Waals surface area (Å²) in [5.74, 6) is -0.552. The van der Waals surface area contributed by atoms with Gasteiger partial charge in [-0.05, 0) is 18.6 Å². The van der Waals surface area contributed by atoms with E-state index in [1.807, 2.05) is 30.3 Å². The highest BCUT2D eigenvalue weighted by Gasteiger charge is 2.00. The number of carbonyl (C=O) groups is 1. The molecule has 0 aliphatic rings. The number of hydrogen-bond donors (Lipinski definition) is 0. The minimum absolute atomic E-state index is 0.416. The van der Waals surface area contributed by atoms with Gasteiger partial charge in [-0.15, -0.1) is 4.99 Å². The molecule has 1 amide bonds. The summed E-state index contributed by atoms with van der Waals surface area (Å²) in [5, 5.41) is 0. The van der Waals surface area contributed by atoms with Gasteiger partial charge in [-0.3, -0.25) is 4.79 Å². The van der Waals surface area contributed by atoms with Crippen LogP contribution in [-0.2, 0) is 9.59 Å². The lowest BCUT2D eigenvalue weighted by Crippen LogP contribution is -1.93. The summed E-state index contributed by atoms with van der Waals surface area (Å²) in [6.45, 7) is 1.61. The number of benzene rings is 1. The van der Waals surface area contributed by atoms with Crippen molar-refractivity contribution in [3.05, 3.63) is 41.5 Å². The Morgan fingerprint density at radius 2 is 2.00 bits per heavy atom. The van der Waals surface area contributed by atoms with Crippen LogP contribution in [0.3, 0.4) is 0 Å². The molecular formula is C11H9NO2. The molecule has 1 aromatic carbocycles. The second-order valence-electron chi connectivity index (χ2n) is 2.75. The van der Waals surface area contributed by atoms with Crippen LogP contribution in [0.5, 0.6) is 0 Å². The molecule has 0 aliphatic heterocycles. The number of carbonyl (C=O) groups excluding carboxylic acids is 2. The van der Waals surface area contributed by atoms with Crippen molar-refractivity contribution in [2.45, 2.75) is 6.92 Å². The monoisotopic (exact) mass is 187 g/mol. The lowest BCUT2D eigenvalue weighted by molar-refractivity contribution is -0.114. The molecule has 0 radical (unpaired) electrons.